The molecule has 6 nitrogen and oxygen atoms in total. The van der Waals surface area contributed by atoms with Crippen LogP contribution >= 0.6 is 0 Å². The number of amides is 1. The van der Waals surface area contributed by atoms with Crippen LogP contribution in [0.2, 0.25) is 0 Å². The average Bonchev–Trinajstić information content (AvgIpc) is 3.30. The fraction of sp³-hybridized carbons (Fsp3) is 0.286. The molecular weight excluding hydrogens is 340 g/mol. The molecule has 0 radical (unpaired) electrons. The Morgan fingerprint density at radius 1 is 1.26 bits per heavy atom. The molecule has 1 aromatic heterocycles. The van der Waals surface area contributed by atoms with E-state index in [1.165, 1.54) is 0 Å². The number of nitrogens with two attached hydrogens (primary N) is 1. The van der Waals surface area contributed by atoms with Crippen molar-refractivity contribution in [3.05, 3.63) is 53.7 Å². The van der Waals surface area contributed by atoms with Crippen LogP contribution in [-0.4, -0.2) is 41.4 Å². The molecule has 136 valence electrons. The molecule has 3 heterocycles. The second-order valence-corrected chi connectivity index (χ2v) is 7.36. The summed E-state index contributed by atoms with van der Waals surface area (Å²) in [5, 5.41) is 10.8. The number of ether oxygens (including phenoxy) is 1. The number of hydrogen-bond acceptors (Lipinski definition) is 5. The summed E-state index contributed by atoms with van der Waals surface area (Å²) >= 11 is 0. The van der Waals surface area contributed by atoms with E-state index in [2.05, 4.69) is 33.3 Å². The zero-order valence-electron chi connectivity index (χ0n) is 15.1. The highest BCUT2D eigenvalue weighted by Crippen LogP contribution is 2.36. The Kier molecular flexibility index (Phi) is 3.62. The smallest absolute Gasteiger partial charge is 0.248 e. The van der Waals surface area contributed by atoms with Gasteiger partial charge in [-0.15, -0.1) is 5.10 Å². The van der Waals surface area contributed by atoms with Crippen LogP contribution < -0.4 is 10.6 Å². The lowest BCUT2D eigenvalue weighted by atomic mass is 9.96. The molecule has 5 rings (SSSR count). The highest BCUT2D eigenvalue weighted by atomic mass is 16.5. The quantitative estimate of drug-likeness (QED) is 0.777. The molecule has 6 heteroatoms. The fourth-order valence-electron chi connectivity index (χ4n) is 4.20. The van der Waals surface area contributed by atoms with Crippen molar-refractivity contribution >= 4 is 22.5 Å². The number of carbonyl (C=O) groups is 1. The maximum Gasteiger partial charge on any atom is 0.248 e. The van der Waals surface area contributed by atoms with Gasteiger partial charge in [-0.05, 0) is 54.3 Å². The lowest BCUT2D eigenvalue weighted by Gasteiger charge is -2.28. The molecule has 3 aromatic rings. The molecule has 2 aromatic carbocycles. The Morgan fingerprint density at radius 3 is 2.89 bits per heavy atom. The van der Waals surface area contributed by atoms with Crippen LogP contribution in [0.3, 0.4) is 0 Å². The van der Waals surface area contributed by atoms with E-state index in [0.717, 1.165) is 52.9 Å². The van der Waals surface area contributed by atoms with Crippen molar-refractivity contribution in [1.29, 1.82) is 0 Å². The summed E-state index contributed by atoms with van der Waals surface area (Å²) in [4.78, 5) is 13.9. The first-order valence-electron chi connectivity index (χ1n) is 9.14. The van der Waals surface area contributed by atoms with Crippen LogP contribution in [0.15, 0.2) is 42.6 Å². The van der Waals surface area contributed by atoms with Crippen molar-refractivity contribution in [3.8, 4) is 11.1 Å². The molecule has 2 aliphatic heterocycles. The first-order chi connectivity index (χ1) is 13.1. The molecule has 2 fully saturated rings. The number of fused-ring (bicyclic) bond motifs is 3. The third-order valence-corrected chi connectivity index (χ3v) is 5.65. The van der Waals surface area contributed by atoms with Gasteiger partial charge in [0.2, 0.25) is 5.91 Å². The number of carbonyl (C=O) groups excluding carboxylic acids is 1. The number of anilines is 1. The van der Waals surface area contributed by atoms with E-state index >= 15 is 0 Å². The number of primary amides is 1. The minimum Gasteiger partial charge on any atom is -0.374 e. The summed E-state index contributed by atoms with van der Waals surface area (Å²) in [5.74, 6) is 0.508. The second-order valence-electron chi connectivity index (χ2n) is 7.36. The first kappa shape index (κ1) is 16.2. The molecule has 0 saturated carbocycles. The number of nitrogens with zero attached hydrogens (tertiary/aromatic N) is 3. The van der Waals surface area contributed by atoms with Crippen LogP contribution in [-0.2, 0) is 4.74 Å². The van der Waals surface area contributed by atoms with Gasteiger partial charge in [-0.1, -0.05) is 12.1 Å². The van der Waals surface area contributed by atoms with Gasteiger partial charge in [-0.25, -0.2) is 0 Å². The van der Waals surface area contributed by atoms with Gasteiger partial charge in [-0.2, -0.15) is 5.10 Å². The van der Waals surface area contributed by atoms with E-state index in [0.29, 0.717) is 17.7 Å². The molecule has 2 atom stereocenters. The summed E-state index contributed by atoms with van der Waals surface area (Å²) in [7, 11) is 0. The minimum absolute atomic E-state index is 0.311. The molecule has 27 heavy (non-hydrogen) atoms. The average molecular weight is 360 g/mol. The lowest BCUT2D eigenvalue weighted by Crippen LogP contribution is -2.37. The van der Waals surface area contributed by atoms with Gasteiger partial charge in [0.05, 0.1) is 24.9 Å². The van der Waals surface area contributed by atoms with Crippen molar-refractivity contribution in [3.63, 3.8) is 0 Å². The van der Waals surface area contributed by atoms with Crippen molar-refractivity contribution in [2.45, 2.75) is 25.5 Å². The first-order valence-corrected chi connectivity index (χ1v) is 9.14. The van der Waals surface area contributed by atoms with E-state index < -0.39 is 5.91 Å². The van der Waals surface area contributed by atoms with Gasteiger partial charge in [-0.3, -0.25) is 4.79 Å². The monoisotopic (exact) mass is 360 g/mol. The van der Waals surface area contributed by atoms with Gasteiger partial charge in [0.15, 0.2) is 5.82 Å². The van der Waals surface area contributed by atoms with Gasteiger partial charge in [0.25, 0.3) is 0 Å². The van der Waals surface area contributed by atoms with Gasteiger partial charge >= 0.3 is 0 Å². The fourth-order valence-corrected chi connectivity index (χ4v) is 4.20. The Hall–Kier alpha value is -2.99. The molecular formula is C21H20N4O2. The lowest BCUT2D eigenvalue weighted by molar-refractivity contribution is 0.0988. The van der Waals surface area contributed by atoms with E-state index in [9.17, 15) is 4.79 Å². The zero-order valence-corrected chi connectivity index (χ0v) is 15.1. The number of hydrogen-bond donors (Lipinski definition) is 1. The summed E-state index contributed by atoms with van der Waals surface area (Å²) in [6, 6.07) is 12.2. The maximum absolute atomic E-state index is 11.6. The summed E-state index contributed by atoms with van der Waals surface area (Å²) in [5.41, 5.74) is 9.09. The molecule has 2 unspecified atom stereocenters. The highest BCUT2D eigenvalue weighted by molar-refractivity contribution is 5.97. The number of aryl methyl sites for hydroxylation is 1. The Labute approximate surface area is 156 Å². The van der Waals surface area contributed by atoms with Gasteiger partial charge in [0.1, 0.15) is 0 Å². The Morgan fingerprint density at radius 2 is 2.15 bits per heavy atom. The second kappa shape index (κ2) is 6.03. The SMILES string of the molecule is Cc1ccc(C(N)=O)cc1-c1ccc2c(N3CC4CC3CO4)nncc2c1. The van der Waals surface area contributed by atoms with Crippen LogP contribution in [0.4, 0.5) is 5.82 Å². The number of aromatic nitrogens is 2. The molecule has 2 N–H and O–H groups in total. The van der Waals surface area contributed by atoms with Crippen molar-refractivity contribution in [2.24, 2.45) is 5.73 Å². The van der Waals surface area contributed by atoms with Crippen LogP contribution in [0.25, 0.3) is 21.9 Å². The summed E-state index contributed by atoms with van der Waals surface area (Å²) in [6.45, 7) is 3.67. The Balaban J connectivity index is 1.59. The summed E-state index contributed by atoms with van der Waals surface area (Å²) in [6.07, 6.45) is 3.17. The standard InChI is InChI=1S/C21H20N4O2/c1-12-2-3-14(20(22)26)7-19(12)13-4-5-18-15(6-13)9-23-24-21(18)25-10-17-8-16(25)11-27-17/h2-7,9,16-17H,8,10-11H2,1H3,(H2,22,26). The summed E-state index contributed by atoms with van der Waals surface area (Å²) < 4.78 is 5.71. The van der Waals surface area contributed by atoms with E-state index in [4.69, 9.17) is 10.5 Å². The minimum atomic E-state index is -0.420. The molecule has 2 bridgehead atoms. The normalized spacial score (nSPS) is 21.1. The third-order valence-electron chi connectivity index (χ3n) is 5.65. The number of rotatable bonds is 3. The van der Waals surface area contributed by atoms with Crippen LogP contribution in [0.5, 0.6) is 0 Å². The van der Waals surface area contributed by atoms with E-state index in [1.54, 1.807) is 12.3 Å². The topological polar surface area (TPSA) is 81.3 Å². The predicted molar refractivity (Wildman–Crippen MR) is 104 cm³/mol. The highest BCUT2D eigenvalue weighted by Gasteiger charge is 2.40. The molecule has 1 amide bonds. The van der Waals surface area contributed by atoms with Gasteiger partial charge in [0, 0.05) is 22.9 Å². The largest absolute Gasteiger partial charge is 0.374 e. The van der Waals surface area contributed by atoms with E-state index in [-0.39, 0.29) is 0 Å². The van der Waals surface area contributed by atoms with E-state index in [1.807, 2.05) is 19.1 Å². The zero-order chi connectivity index (χ0) is 18.5. The van der Waals surface area contributed by atoms with Crippen LogP contribution in [0.1, 0.15) is 22.3 Å². The van der Waals surface area contributed by atoms with Gasteiger partial charge < -0.3 is 15.4 Å². The molecule has 0 aliphatic carbocycles. The number of benzene rings is 2. The third kappa shape index (κ3) is 2.64. The number of morpholine rings is 1. The van der Waals surface area contributed by atoms with Crippen molar-refractivity contribution < 1.29 is 9.53 Å². The maximum atomic E-state index is 11.6. The molecule has 0 spiro atoms. The van der Waals surface area contributed by atoms with Crippen LogP contribution in [0, 0.1) is 6.92 Å². The molecule has 2 aliphatic rings. The van der Waals surface area contributed by atoms with Crippen molar-refractivity contribution in [2.75, 3.05) is 18.1 Å². The van der Waals surface area contributed by atoms with Crippen molar-refractivity contribution in [1.82, 2.24) is 10.2 Å². The predicted octanol–water partition coefficient (Wildman–Crippen LogP) is 2.68. The molecule has 2 saturated heterocycles. The Bertz CT molecular complexity index is 1070.